The van der Waals surface area contributed by atoms with Gasteiger partial charge >= 0.3 is 0 Å². The van der Waals surface area contributed by atoms with Gasteiger partial charge in [0.1, 0.15) is 29.7 Å². The van der Waals surface area contributed by atoms with E-state index in [-0.39, 0.29) is 6.61 Å². The fourth-order valence-electron chi connectivity index (χ4n) is 3.46. The lowest BCUT2D eigenvalue weighted by molar-refractivity contribution is -0.113. The zero-order valence-corrected chi connectivity index (χ0v) is 18.3. The molecule has 1 atom stereocenters. The molecule has 0 bridgehead atoms. The van der Waals surface area contributed by atoms with Gasteiger partial charge in [-0.1, -0.05) is 0 Å². The molecule has 1 aliphatic heterocycles. The predicted octanol–water partition coefficient (Wildman–Crippen LogP) is 4.43. The molecule has 3 aromatic rings. The monoisotopic (exact) mass is 438 g/mol. The standard InChI is InChI=1S/C23H23ClN4O3/c1-13-6-17(7-14(2)22(13)25)31-16-4-5-19-20(9-16)28(3)21(27-19)12-30-18-8-15(23(24)29)10-26-11-18/h4-9,11,15H,10,12,25H2,1-3H3. The molecule has 0 radical (unpaired) electrons. The molecular formula is C23H23ClN4O3. The third kappa shape index (κ3) is 4.41. The molecule has 4 rings (SSSR count). The smallest absolute Gasteiger partial charge is 0.230 e. The molecule has 1 aliphatic rings. The molecule has 0 saturated heterocycles. The van der Waals surface area contributed by atoms with Gasteiger partial charge in [-0.3, -0.25) is 9.79 Å². The number of rotatable bonds is 6. The molecule has 0 amide bonds. The number of carbonyl (C=O) groups is 1. The zero-order chi connectivity index (χ0) is 22.1. The molecule has 0 spiro atoms. The number of aromatic nitrogens is 2. The Balaban J connectivity index is 1.53. The summed E-state index contributed by atoms with van der Waals surface area (Å²) in [6.45, 7) is 4.50. The number of nitrogens with two attached hydrogens (primary N) is 1. The van der Waals surface area contributed by atoms with E-state index in [1.165, 1.54) is 0 Å². The SMILES string of the molecule is Cc1cc(Oc2ccc3nc(COC4=CC(C(=O)Cl)CN=C4)n(C)c3c2)cc(C)c1N. The van der Waals surface area contributed by atoms with E-state index in [1.54, 1.807) is 12.3 Å². The number of dihydropyridines is 1. The van der Waals surface area contributed by atoms with E-state index in [0.717, 1.165) is 39.4 Å². The Morgan fingerprint density at radius 3 is 2.68 bits per heavy atom. The van der Waals surface area contributed by atoms with Crippen LogP contribution in [0.2, 0.25) is 0 Å². The Bertz CT molecular complexity index is 1210. The third-order valence-corrected chi connectivity index (χ3v) is 5.57. The second kappa shape index (κ2) is 8.43. The van der Waals surface area contributed by atoms with Gasteiger partial charge in [0, 0.05) is 18.8 Å². The fraction of sp³-hybridized carbons (Fsp3) is 0.261. The normalized spacial score (nSPS) is 15.7. The molecule has 1 aromatic heterocycles. The van der Waals surface area contributed by atoms with E-state index in [1.807, 2.05) is 55.8 Å². The topological polar surface area (TPSA) is 91.7 Å². The summed E-state index contributed by atoms with van der Waals surface area (Å²) in [4.78, 5) is 20.1. The lowest BCUT2D eigenvalue weighted by Gasteiger charge is -2.13. The minimum atomic E-state index is -0.456. The Morgan fingerprint density at radius 1 is 1.23 bits per heavy atom. The molecule has 0 aliphatic carbocycles. The van der Waals surface area contributed by atoms with Crippen molar-refractivity contribution in [1.29, 1.82) is 0 Å². The van der Waals surface area contributed by atoms with Crippen molar-refractivity contribution in [3.8, 4) is 11.5 Å². The molecule has 1 unspecified atom stereocenters. The van der Waals surface area contributed by atoms with Crippen LogP contribution in [0.15, 0.2) is 47.2 Å². The summed E-state index contributed by atoms with van der Waals surface area (Å²) in [7, 11) is 1.92. The number of imidazole rings is 1. The van der Waals surface area contributed by atoms with E-state index in [2.05, 4.69) is 9.98 Å². The maximum absolute atomic E-state index is 11.4. The summed E-state index contributed by atoms with van der Waals surface area (Å²) < 4.78 is 13.8. The minimum Gasteiger partial charge on any atom is -0.484 e. The van der Waals surface area contributed by atoms with Gasteiger partial charge in [0.2, 0.25) is 5.24 Å². The number of fused-ring (bicyclic) bond motifs is 1. The molecule has 2 heterocycles. The number of aryl methyl sites for hydroxylation is 3. The first-order valence-corrected chi connectivity index (χ1v) is 10.2. The molecule has 2 aromatic carbocycles. The molecule has 0 fully saturated rings. The Kier molecular flexibility index (Phi) is 5.69. The highest BCUT2D eigenvalue weighted by molar-refractivity contribution is 6.64. The zero-order valence-electron chi connectivity index (χ0n) is 17.6. The number of allylic oxidation sites excluding steroid dienone is 1. The highest BCUT2D eigenvalue weighted by atomic mass is 35.5. The average Bonchev–Trinajstić information content (AvgIpc) is 3.06. The largest absolute Gasteiger partial charge is 0.484 e. The van der Waals surface area contributed by atoms with Crippen molar-refractivity contribution in [3.63, 3.8) is 0 Å². The average molecular weight is 439 g/mol. The Hall–Kier alpha value is -3.32. The molecule has 31 heavy (non-hydrogen) atoms. The van der Waals surface area contributed by atoms with Crippen LogP contribution in [0.5, 0.6) is 11.5 Å². The van der Waals surface area contributed by atoms with Crippen LogP contribution >= 0.6 is 11.6 Å². The van der Waals surface area contributed by atoms with Gasteiger partial charge in [-0.15, -0.1) is 0 Å². The molecule has 0 saturated carbocycles. The lowest BCUT2D eigenvalue weighted by Crippen LogP contribution is -2.15. The van der Waals surface area contributed by atoms with Crippen LogP contribution in [0, 0.1) is 19.8 Å². The number of aliphatic imine (C=N–C) groups is 1. The van der Waals surface area contributed by atoms with E-state index in [0.29, 0.717) is 18.1 Å². The van der Waals surface area contributed by atoms with Gasteiger partial charge in [-0.25, -0.2) is 4.98 Å². The Labute approximate surface area is 185 Å². The number of carbonyl (C=O) groups excluding carboxylic acids is 1. The third-order valence-electron chi connectivity index (χ3n) is 5.29. The van der Waals surface area contributed by atoms with Crippen molar-refractivity contribution >= 4 is 39.8 Å². The molecule has 2 N–H and O–H groups in total. The number of nitrogen functional groups attached to an aromatic ring is 1. The van der Waals surface area contributed by atoms with Gasteiger partial charge in [-0.2, -0.15) is 0 Å². The quantitative estimate of drug-likeness (QED) is 0.454. The van der Waals surface area contributed by atoms with Crippen molar-refractivity contribution in [2.24, 2.45) is 18.0 Å². The number of halogens is 1. The number of nitrogens with zero attached hydrogens (tertiary/aromatic N) is 3. The maximum atomic E-state index is 11.4. The predicted molar refractivity (Wildman–Crippen MR) is 122 cm³/mol. The van der Waals surface area contributed by atoms with E-state index in [9.17, 15) is 4.79 Å². The van der Waals surface area contributed by atoms with Crippen LogP contribution in [0.3, 0.4) is 0 Å². The fourth-order valence-corrected chi connectivity index (χ4v) is 3.59. The van der Waals surface area contributed by atoms with E-state index >= 15 is 0 Å². The van der Waals surface area contributed by atoms with Gasteiger partial charge in [-0.05, 0) is 66.9 Å². The molecular weight excluding hydrogens is 416 g/mol. The molecule has 160 valence electrons. The summed E-state index contributed by atoms with van der Waals surface area (Å²) in [6, 6.07) is 9.58. The number of benzene rings is 2. The highest BCUT2D eigenvalue weighted by Gasteiger charge is 2.18. The summed E-state index contributed by atoms with van der Waals surface area (Å²) in [5, 5.41) is -0.445. The molecule has 7 nitrogen and oxygen atoms in total. The van der Waals surface area contributed by atoms with Gasteiger partial charge in [0.15, 0.2) is 0 Å². The van der Waals surface area contributed by atoms with Crippen molar-refractivity contribution < 1.29 is 14.3 Å². The number of hydrogen-bond donors (Lipinski definition) is 1. The van der Waals surface area contributed by atoms with Crippen LogP contribution < -0.4 is 10.5 Å². The first-order valence-electron chi connectivity index (χ1n) is 9.85. The van der Waals surface area contributed by atoms with Crippen molar-refractivity contribution in [2.75, 3.05) is 12.3 Å². The summed E-state index contributed by atoms with van der Waals surface area (Å²) >= 11 is 5.57. The second-order valence-corrected chi connectivity index (χ2v) is 7.95. The second-order valence-electron chi connectivity index (χ2n) is 7.57. The number of anilines is 1. The van der Waals surface area contributed by atoms with Gasteiger partial charge < -0.3 is 19.8 Å². The van der Waals surface area contributed by atoms with Gasteiger partial charge in [0.25, 0.3) is 0 Å². The van der Waals surface area contributed by atoms with Gasteiger partial charge in [0.05, 0.1) is 29.7 Å². The molecule has 8 heteroatoms. The van der Waals surface area contributed by atoms with Crippen molar-refractivity contribution in [2.45, 2.75) is 20.5 Å². The van der Waals surface area contributed by atoms with Crippen LogP contribution in [0.4, 0.5) is 5.69 Å². The van der Waals surface area contributed by atoms with E-state index < -0.39 is 11.2 Å². The summed E-state index contributed by atoms with van der Waals surface area (Å²) in [6.07, 6.45) is 3.29. The first kappa shape index (κ1) is 20.9. The lowest BCUT2D eigenvalue weighted by atomic mass is 10.1. The highest BCUT2D eigenvalue weighted by Crippen LogP contribution is 2.30. The first-order chi connectivity index (χ1) is 14.8. The van der Waals surface area contributed by atoms with E-state index in [4.69, 9.17) is 26.8 Å². The minimum absolute atomic E-state index is 0.235. The van der Waals surface area contributed by atoms with Crippen LogP contribution in [-0.2, 0) is 23.2 Å². The number of ether oxygens (including phenoxy) is 2. The summed E-state index contributed by atoms with van der Waals surface area (Å²) in [5.74, 6) is 2.23. The Morgan fingerprint density at radius 2 is 1.97 bits per heavy atom. The van der Waals surface area contributed by atoms with Crippen LogP contribution in [0.1, 0.15) is 17.0 Å². The van der Waals surface area contributed by atoms with Crippen molar-refractivity contribution in [3.05, 3.63) is 59.1 Å². The number of hydrogen-bond acceptors (Lipinski definition) is 6. The van der Waals surface area contributed by atoms with Crippen LogP contribution in [0.25, 0.3) is 11.0 Å². The summed E-state index contributed by atoms with van der Waals surface area (Å²) in [5.41, 5.74) is 10.5. The maximum Gasteiger partial charge on any atom is 0.230 e. The van der Waals surface area contributed by atoms with Crippen molar-refractivity contribution in [1.82, 2.24) is 9.55 Å². The van der Waals surface area contributed by atoms with Crippen LogP contribution in [-0.4, -0.2) is 27.6 Å².